The average molecular weight is 345 g/mol. The van der Waals surface area contributed by atoms with Crippen LogP contribution in [0.1, 0.15) is 5.82 Å². The Kier molecular flexibility index (Phi) is 3.91. The fourth-order valence-corrected chi connectivity index (χ4v) is 2.86. The van der Waals surface area contributed by atoms with Crippen LogP contribution in [-0.4, -0.2) is 29.4 Å². The fourth-order valence-electron chi connectivity index (χ4n) is 1.62. The van der Waals surface area contributed by atoms with Crippen LogP contribution < -0.4 is 4.31 Å². The Labute approximate surface area is 120 Å². The summed E-state index contributed by atoms with van der Waals surface area (Å²) < 4.78 is 27.5. The second-order valence-corrected chi connectivity index (χ2v) is 6.87. The van der Waals surface area contributed by atoms with Crippen molar-refractivity contribution in [2.75, 3.05) is 10.6 Å². The van der Waals surface area contributed by atoms with Gasteiger partial charge in [0.1, 0.15) is 12.2 Å². The van der Waals surface area contributed by atoms with Crippen LogP contribution in [0.3, 0.4) is 0 Å². The summed E-state index contributed by atoms with van der Waals surface area (Å²) >= 11 is 3.33. The highest BCUT2D eigenvalue weighted by Crippen LogP contribution is 2.23. The lowest BCUT2D eigenvalue weighted by molar-refractivity contribution is 0.593. The van der Waals surface area contributed by atoms with Gasteiger partial charge in [0, 0.05) is 11.5 Å². The Bertz CT molecular complexity index is 684. The first kappa shape index (κ1) is 14.0. The minimum absolute atomic E-state index is 0.145. The van der Waals surface area contributed by atoms with Gasteiger partial charge in [0.2, 0.25) is 10.0 Å². The van der Waals surface area contributed by atoms with Gasteiger partial charge in [-0.25, -0.2) is 13.4 Å². The van der Waals surface area contributed by atoms with Crippen LogP contribution in [0.5, 0.6) is 0 Å². The van der Waals surface area contributed by atoms with Crippen LogP contribution in [-0.2, 0) is 23.6 Å². The minimum Gasteiger partial charge on any atom is -0.263 e. The molecule has 0 aliphatic rings. The molecule has 1 heterocycles. The van der Waals surface area contributed by atoms with Gasteiger partial charge in [0.15, 0.2) is 0 Å². The van der Waals surface area contributed by atoms with Crippen molar-refractivity contribution in [2.24, 2.45) is 7.05 Å². The van der Waals surface area contributed by atoms with E-state index in [-0.39, 0.29) is 6.54 Å². The van der Waals surface area contributed by atoms with E-state index in [1.54, 1.807) is 29.9 Å². The highest BCUT2D eigenvalue weighted by atomic mass is 79.9. The zero-order valence-corrected chi connectivity index (χ0v) is 12.9. The predicted molar refractivity (Wildman–Crippen MR) is 76.2 cm³/mol. The number of anilines is 1. The highest BCUT2D eigenvalue weighted by Gasteiger charge is 2.20. The Morgan fingerprint density at radius 3 is 2.68 bits per heavy atom. The molecule has 0 atom stereocenters. The molecule has 0 aliphatic carbocycles. The lowest BCUT2D eigenvalue weighted by atomic mass is 10.3. The topological polar surface area (TPSA) is 68.1 Å². The van der Waals surface area contributed by atoms with E-state index in [0.29, 0.717) is 11.5 Å². The molecule has 0 radical (unpaired) electrons. The Morgan fingerprint density at radius 2 is 2.16 bits per heavy atom. The molecule has 1 aromatic carbocycles. The monoisotopic (exact) mass is 344 g/mol. The molecule has 0 aliphatic heterocycles. The first-order valence-corrected chi connectivity index (χ1v) is 8.08. The molecular formula is C11H13BrN4O2S. The number of rotatable bonds is 4. The van der Waals surface area contributed by atoms with E-state index < -0.39 is 10.0 Å². The first-order chi connectivity index (χ1) is 8.88. The zero-order chi connectivity index (χ0) is 14.0. The number of hydrogen-bond donors (Lipinski definition) is 0. The van der Waals surface area contributed by atoms with Gasteiger partial charge in [-0.05, 0) is 18.2 Å². The molecule has 0 spiro atoms. The van der Waals surface area contributed by atoms with Gasteiger partial charge in [0.25, 0.3) is 0 Å². The van der Waals surface area contributed by atoms with Crippen molar-refractivity contribution >= 4 is 31.6 Å². The minimum atomic E-state index is -3.40. The van der Waals surface area contributed by atoms with Crippen molar-refractivity contribution in [1.82, 2.24) is 14.8 Å². The summed E-state index contributed by atoms with van der Waals surface area (Å²) in [4.78, 5) is 4.05. The van der Waals surface area contributed by atoms with Crippen LogP contribution in [0.25, 0.3) is 0 Å². The maximum Gasteiger partial charge on any atom is 0.232 e. The van der Waals surface area contributed by atoms with Gasteiger partial charge in [0.05, 0.1) is 18.5 Å². The number of aryl methyl sites for hydroxylation is 1. The fraction of sp³-hybridized carbons (Fsp3) is 0.273. The smallest absolute Gasteiger partial charge is 0.232 e. The summed E-state index contributed by atoms with van der Waals surface area (Å²) in [6, 6.07) is 7.11. The molecule has 19 heavy (non-hydrogen) atoms. The largest absolute Gasteiger partial charge is 0.263 e. The lowest BCUT2D eigenvalue weighted by Gasteiger charge is -2.21. The number of benzene rings is 1. The molecule has 0 saturated heterocycles. The third-order valence-electron chi connectivity index (χ3n) is 2.59. The SMILES string of the molecule is Cn1ncnc1CN(c1cccc(Br)c1)S(C)(=O)=O. The third-order valence-corrected chi connectivity index (χ3v) is 4.22. The maximum absolute atomic E-state index is 11.9. The zero-order valence-electron chi connectivity index (χ0n) is 10.5. The Morgan fingerprint density at radius 1 is 1.42 bits per heavy atom. The Hall–Kier alpha value is -1.41. The number of nitrogens with zero attached hydrogens (tertiary/aromatic N) is 4. The molecule has 0 fully saturated rings. The summed E-state index contributed by atoms with van der Waals surface area (Å²) in [6.07, 6.45) is 2.57. The second kappa shape index (κ2) is 5.30. The van der Waals surface area contributed by atoms with Gasteiger partial charge in [-0.1, -0.05) is 22.0 Å². The van der Waals surface area contributed by atoms with E-state index in [0.717, 1.165) is 4.47 Å². The molecule has 0 amide bonds. The normalized spacial score (nSPS) is 11.5. The van der Waals surface area contributed by atoms with E-state index in [1.807, 2.05) is 6.07 Å². The van der Waals surface area contributed by atoms with Crippen LogP contribution in [0.15, 0.2) is 35.1 Å². The molecule has 0 bridgehead atoms. The summed E-state index contributed by atoms with van der Waals surface area (Å²) in [5.41, 5.74) is 0.583. The number of halogens is 1. The average Bonchev–Trinajstić information content (AvgIpc) is 2.70. The van der Waals surface area contributed by atoms with E-state index in [1.165, 1.54) is 16.9 Å². The van der Waals surface area contributed by atoms with E-state index in [4.69, 9.17) is 0 Å². The summed E-state index contributed by atoms with van der Waals surface area (Å²) in [5.74, 6) is 0.574. The molecule has 102 valence electrons. The molecule has 6 nitrogen and oxygen atoms in total. The van der Waals surface area contributed by atoms with Crippen LogP contribution in [0.2, 0.25) is 0 Å². The van der Waals surface area contributed by atoms with Gasteiger partial charge in [-0.2, -0.15) is 5.10 Å². The van der Waals surface area contributed by atoms with Crippen molar-refractivity contribution in [3.63, 3.8) is 0 Å². The number of hydrogen-bond acceptors (Lipinski definition) is 4. The van der Waals surface area contributed by atoms with Gasteiger partial charge in [-0.15, -0.1) is 0 Å². The van der Waals surface area contributed by atoms with Crippen LogP contribution >= 0.6 is 15.9 Å². The lowest BCUT2D eigenvalue weighted by Crippen LogP contribution is -2.30. The molecule has 8 heteroatoms. The summed E-state index contributed by atoms with van der Waals surface area (Å²) in [5, 5.41) is 3.94. The van der Waals surface area contributed by atoms with Crippen molar-refractivity contribution < 1.29 is 8.42 Å². The molecule has 0 saturated carbocycles. The molecule has 2 aromatic rings. The van der Waals surface area contributed by atoms with Gasteiger partial charge >= 0.3 is 0 Å². The molecule has 0 unspecified atom stereocenters. The number of aromatic nitrogens is 3. The molecule has 0 N–H and O–H groups in total. The van der Waals surface area contributed by atoms with E-state index >= 15 is 0 Å². The van der Waals surface area contributed by atoms with E-state index in [9.17, 15) is 8.42 Å². The Balaban J connectivity index is 2.41. The second-order valence-electron chi connectivity index (χ2n) is 4.05. The van der Waals surface area contributed by atoms with Crippen molar-refractivity contribution in [1.29, 1.82) is 0 Å². The van der Waals surface area contributed by atoms with Crippen LogP contribution in [0.4, 0.5) is 5.69 Å². The summed E-state index contributed by atoms with van der Waals surface area (Å²) in [6.45, 7) is 0.145. The maximum atomic E-state index is 11.9. The van der Waals surface area contributed by atoms with Gasteiger partial charge < -0.3 is 0 Å². The van der Waals surface area contributed by atoms with Crippen molar-refractivity contribution in [3.05, 3.63) is 40.9 Å². The highest BCUT2D eigenvalue weighted by molar-refractivity contribution is 9.10. The van der Waals surface area contributed by atoms with Crippen LogP contribution in [0, 0.1) is 0 Å². The summed E-state index contributed by atoms with van der Waals surface area (Å²) in [7, 11) is -1.67. The van der Waals surface area contributed by atoms with Crippen molar-refractivity contribution in [2.45, 2.75) is 6.54 Å². The van der Waals surface area contributed by atoms with Crippen molar-refractivity contribution in [3.8, 4) is 0 Å². The molecular weight excluding hydrogens is 332 g/mol. The molecule has 1 aromatic heterocycles. The van der Waals surface area contributed by atoms with Gasteiger partial charge in [-0.3, -0.25) is 8.99 Å². The molecule has 2 rings (SSSR count). The quantitative estimate of drug-likeness (QED) is 0.843. The van der Waals surface area contributed by atoms with E-state index in [2.05, 4.69) is 26.0 Å². The first-order valence-electron chi connectivity index (χ1n) is 5.44. The number of sulfonamides is 1. The third kappa shape index (κ3) is 3.32. The predicted octanol–water partition coefficient (Wildman–Crippen LogP) is 1.54. The standard InChI is InChI=1S/C11H13BrN4O2S/c1-15-11(13-8-14-15)7-16(19(2,17)18)10-5-3-4-9(12)6-10/h3-6,8H,7H2,1-2H3.